The van der Waals surface area contributed by atoms with Gasteiger partial charge >= 0.3 is 0 Å². The molecule has 42 heavy (non-hydrogen) atoms. The minimum absolute atomic E-state index is 0.00829. The molecule has 228 valence electrons. The van der Waals surface area contributed by atoms with Crippen LogP contribution in [0.1, 0.15) is 6.92 Å². The maximum Gasteiger partial charge on any atom is 0.229 e. The molecule has 2 fully saturated rings. The molecular formula is C28H32O14. The van der Waals surface area contributed by atoms with Gasteiger partial charge in [-0.1, -0.05) is 0 Å². The summed E-state index contributed by atoms with van der Waals surface area (Å²) in [6.45, 7) is 0.807. The monoisotopic (exact) mass is 592 g/mol. The van der Waals surface area contributed by atoms with Crippen molar-refractivity contribution in [3.8, 4) is 28.6 Å². The molecule has 14 nitrogen and oxygen atoms in total. The zero-order valence-corrected chi connectivity index (χ0v) is 22.5. The van der Waals surface area contributed by atoms with Crippen molar-refractivity contribution in [3.05, 3.63) is 52.7 Å². The van der Waals surface area contributed by atoms with E-state index in [0.717, 1.165) is 6.07 Å². The first-order chi connectivity index (χ1) is 20.0. The normalized spacial score (nSPS) is 33.4. The van der Waals surface area contributed by atoms with Crippen molar-refractivity contribution in [1.29, 1.82) is 0 Å². The van der Waals surface area contributed by atoms with Gasteiger partial charge in [0.2, 0.25) is 6.29 Å². The number of ether oxygens (including phenoxy) is 5. The molecule has 0 bridgehead atoms. The van der Waals surface area contributed by atoms with Gasteiger partial charge in [-0.25, -0.2) is 0 Å². The van der Waals surface area contributed by atoms with Crippen LogP contribution in [0.2, 0.25) is 0 Å². The molecular weight excluding hydrogens is 560 g/mol. The molecule has 2 aromatic carbocycles. The van der Waals surface area contributed by atoms with Crippen LogP contribution in [0.5, 0.6) is 17.2 Å². The minimum Gasteiger partial charge on any atom is -0.507 e. The van der Waals surface area contributed by atoms with E-state index in [-0.39, 0.29) is 22.5 Å². The molecule has 3 aromatic rings. The second kappa shape index (κ2) is 12.1. The van der Waals surface area contributed by atoms with E-state index >= 15 is 0 Å². The number of phenolic OH excluding ortho intramolecular Hbond substituents is 1. The molecule has 2 saturated heterocycles. The Kier molecular flexibility index (Phi) is 8.71. The Morgan fingerprint density at radius 3 is 2.19 bits per heavy atom. The van der Waals surface area contributed by atoms with Gasteiger partial charge < -0.3 is 63.8 Å². The Morgan fingerprint density at radius 2 is 1.52 bits per heavy atom. The van der Waals surface area contributed by atoms with Gasteiger partial charge in [-0.15, -0.1) is 0 Å². The number of methoxy groups -OCH3 is 1. The van der Waals surface area contributed by atoms with Crippen LogP contribution < -0.4 is 14.9 Å². The van der Waals surface area contributed by atoms with Gasteiger partial charge in [0.05, 0.1) is 19.8 Å². The van der Waals surface area contributed by atoms with Gasteiger partial charge in [-0.05, 0) is 31.2 Å². The number of hydrogen-bond acceptors (Lipinski definition) is 14. The summed E-state index contributed by atoms with van der Waals surface area (Å²) >= 11 is 0. The molecule has 14 heteroatoms. The predicted molar refractivity (Wildman–Crippen MR) is 142 cm³/mol. The SMILES string of the molecule is COc1ccc(-c2cc(=O)c3c(O)cc(OC4OC(C)C(OC5OC(CO)C(O)C(O)C5O)C(O)C4O)cc3o2)cc1. The molecule has 10 unspecified atom stereocenters. The van der Waals surface area contributed by atoms with Gasteiger partial charge in [0, 0.05) is 23.8 Å². The van der Waals surface area contributed by atoms with E-state index in [1.807, 2.05) is 0 Å². The molecule has 10 atom stereocenters. The summed E-state index contributed by atoms with van der Waals surface area (Å²) in [5, 5.41) is 71.7. The Hall–Kier alpha value is -3.31. The lowest BCUT2D eigenvalue weighted by atomic mass is 9.97. The second-order valence-electron chi connectivity index (χ2n) is 10.1. The van der Waals surface area contributed by atoms with Crippen LogP contribution in [0, 0.1) is 0 Å². The topological polar surface area (TPSA) is 218 Å². The van der Waals surface area contributed by atoms with Crippen LogP contribution in [0.25, 0.3) is 22.3 Å². The van der Waals surface area contributed by atoms with Crippen LogP contribution in [0.15, 0.2) is 51.7 Å². The van der Waals surface area contributed by atoms with Crippen LogP contribution in [0.3, 0.4) is 0 Å². The highest BCUT2D eigenvalue weighted by atomic mass is 16.7. The number of benzene rings is 2. The first-order valence-electron chi connectivity index (χ1n) is 13.1. The third-order valence-electron chi connectivity index (χ3n) is 7.33. The smallest absolute Gasteiger partial charge is 0.229 e. The Bertz CT molecular complexity index is 1440. The molecule has 2 aliphatic rings. The molecule has 7 N–H and O–H groups in total. The van der Waals surface area contributed by atoms with Crippen molar-refractivity contribution < 1.29 is 63.8 Å². The summed E-state index contributed by atoms with van der Waals surface area (Å²) in [7, 11) is 1.52. The van der Waals surface area contributed by atoms with Crippen molar-refractivity contribution in [2.45, 2.75) is 68.3 Å². The van der Waals surface area contributed by atoms with Gasteiger partial charge in [0.1, 0.15) is 76.7 Å². The first kappa shape index (κ1) is 30.2. The van der Waals surface area contributed by atoms with Crippen molar-refractivity contribution in [2.75, 3.05) is 13.7 Å². The van der Waals surface area contributed by atoms with E-state index in [2.05, 4.69) is 0 Å². The summed E-state index contributed by atoms with van der Waals surface area (Å²) < 4.78 is 33.4. The summed E-state index contributed by atoms with van der Waals surface area (Å²) in [5.74, 6) is 0.337. The Balaban J connectivity index is 1.34. The third-order valence-corrected chi connectivity index (χ3v) is 7.33. The highest BCUT2D eigenvalue weighted by Crippen LogP contribution is 2.34. The standard InChI is InChI=1S/C28H32O14/c1-11-26(42-28-24(35)22(33)21(32)19(10-29)41-28)23(34)25(36)27(38-11)39-14-7-15(30)20-16(31)9-17(40-18(20)8-14)12-3-5-13(37-2)6-4-12/h3-9,11,19,21-30,32-36H,10H2,1-2H3. The van der Waals surface area contributed by atoms with E-state index in [1.165, 1.54) is 26.2 Å². The van der Waals surface area contributed by atoms with Crippen LogP contribution >= 0.6 is 0 Å². The number of aliphatic hydroxyl groups excluding tert-OH is 6. The lowest BCUT2D eigenvalue weighted by Gasteiger charge is -2.45. The summed E-state index contributed by atoms with van der Waals surface area (Å²) in [6, 6.07) is 10.5. The van der Waals surface area contributed by atoms with Crippen molar-refractivity contribution in [2.24, 2.45) is 0 Å². The van der Waals surface area contributed by atoms with E-state index in [9.17, 15) is 40.5 Å². The predicted octanol–water partition coefficient (Wildman–Crippen LogP) is -0.795. The van der Waals surface area contributed by atoms with Crippen LogP contribution in [0.4, 0.5) is 0 Å². The maximum absolute atomic E-state index is 12.8. The number of phenols is 1. The van der Waals surface area contributed by atoms with E-state index in [0.29, 0.717) is 11.3 Å². The first-order valence-corrected chi connectivity index (χ1v) is 13.1. The van der Waals surface area contributed by atoms with Gasteiger partial charge in [0.15, 0.2) is 11.7 Å². The number of hydrogen-bond donors (Lipinski definition) is 7. The molecule has 0 radical (unpaired) electrons. The van der Waals surface area contributed by atoms with Crippen molar-refractivity contribution in [3.63, 3.8) is 0 Å². The average molecular weight is 593 g/mol. The van der Waals surface area contributed by atoms with Crippen molar-refractivity contribution >= 4 is 11.0 Å². The van der Waals surface area contributed by atoms with Crippen LogP contribution in [-0.2, 0) is 14.2 Å². The number of aliphatic hydroxyl groups is 6. The van der Waals surface area contributed by atoms with E-state index in [1.54, 1.807) is 24.3 Å². The molecule has 3 heterocycles. The largest absolute Gasteiger partial charge is 0.507 e. The molecule has 0 aliphatic carbocycles. The zero-order valence-electron chi connectivity index (χ0n) is 22.5. The Morgan fingerprint density at radius 1 is 0.833 bits per heavy atom. The molecule has 5 rings (SSSR count). The minimum atomic E-state index is -1.73. The fourth-order valence-corrected chi connectivity index (χ4v) is 4.97. The molecule has 0 spiro atoms. The fourth-order valence-electron chi connectivity index (χ4n) is 4.97. The number of rotatable bonds is 7. The average Bonchev–Trinajstić information content (AvgIpc) is 2.97. The van der Waals surface area contributed by atoms with Gasteiger partial charge in [-0.2, -0.15) is 0 Å². The highest BCUT2D eigenvalue weighted by molar-refractivity contribution is 5.86. The van der Waals surface area contributed by atoms with Crippen LogP contribution in [-0.4, -0.2) is 111 Å². The second-order valence-corrected chi connectivity index (χ2v) is 10.1. The Labute approximate surface area is 238 Å². The van der Waals surface area contributed by atoms with E-state index < -0.39 is 79.2 Å². The summed E-state index contributed by atoms with van der Waals surface area (Å²) in [4.78, 5) is 12.8. The molecule has 1 aromatic heterocycles. The molecule has 0 amide bonds. The lowest BCUT2D eigenvalue weighted by molar-refractivity contribution is -0.348. The zero-order chi connectivity index (χ0) is 30.3. The van der Waals surface area contributed by atoms with Gasteiger partial charge in [-0.3, -0.25) is 4.79 Å². The molecule has 0 saturated carbocycles. The number of aromatic hydroxyl groups is 1. The van der Waals surface area contributed by atoms with Gasteiger partial charge in [0.25, 0.3) is 0 Å². The van der Waals surface area contributed by atoms with Crippen molar-refractivity contribution in [1.82, 2.24) is 0 Å². The highest BCUT2D eigenvalue weighted by Gasteiger charge is 2.50. The number of fused-ring (bicyclic) bond motifs is 1. The summed E-state index contributed by atoms with van der Waals surface area (Å²) in [6.07, 6.45) is -15.0. The fraction of sp³-hybridized carbons (Fsp3) is 0.464. The maximum atomic E-state index is 12.8. The summed E-state index contributed by atoms with van der Waals surface area (Å²) in [5.41, 5.74) is 0.0670. The van der Waals surface area contributed by atoms with E-state index in [4.69, 9.17) is 28.1 Å². The molecule has 2 aliphatic heterocycles. The lowest BCUT2D eigenvalue weighted by Crippen LogP contribution is -2.64. The quantitative estimate of drug-likeness (QED) is 0.179. The third kappa shape index (κ3) is 5.68.